The number of hydrogen-bond acceptors (Lipinski definition) is 6. The van der Waals surface area contributed by atoms with E-state index in [0.717, 1.165) is 11.8 Å². The number of aliphatic hydroxyl groups excluding tert-OH is 2. The fourth-order valence-corrected chi connectivity index (χ4v) is 1.72. The Hall–Kier alpha value is 0.790. The zero-order valence-corrected chi connectivity index (χ0v) is 11.5. The standard InChI is InChI=1S/C6H15NO5S.Na/c1-4(8)7(5(2)9)6(3)13(10,11)12;/h4-6,8-9H,1-3H3,(H,10,11,12);/q;+1/p-1. The normalized spacial score (nSPS) is 18.5. The molecule has 2 N–H and O–H groups in total. The van der Waals surface area contributed by atoms with Crippen LogP contribution in [0, 0.1) is 0 Å². The molecule has 0 aromatic rings. The second kappa shape index (κ2) is 6.39. The van der Waals surface area contributed by atoms with Crippen LogP contribution in [0.1, 0.15) is 20.8 Å². The second-order valence-corrected chi connectivity index (χ2v) is 4.47. The number of rotatable bonds is 4. The van der Waals surface area contributed by atoms with Crippen molar-refractivity contribution < 1.29 is 52.7 Å². The van der Waals surface area contributed by atoms with E-state index >= 15 is 0 Å². The molecule has 0 fully saturated rings. The third-order valence-electron chi connectivity index (χ3n) is 1.70. The summed E-state index contributed by atoms with van der Waals surface area (Å²) >= 11 is 0. The fourth-order valence-electron chi connectivity index (χ4n) is 1.07. The molecule has 0 rings (SSSR count). The van der Waals surface area contributed by atoms with Gasteiger partial charge in [0.05, 0.1) is 0 Å². The van der Waals surface area contributed by atoms with Crippen molar-refractivity contribution in [3.8, 4) is 0 Å². The van der Waals surface area contributed by atoms with Crippen LogP contribution in [0.4, 0.5) is 0 Å². The topological polar surface area (TPSA) is 101 Å². The van der Waals surface area contributed by atoms with E-state index in [0.29, 0.717) is 0 Å². The van der Waals surface area contributed by atoms with Crippen molar-refractivity contribution in [2.45, 2.75) is 38.6 Å². The van der Waals surface area contributed by atoms with Gasteiger partial charge in [0.15, 0.2) is 0 Å². The molecule has 0 spiro atoms. The molecule has 8 heteroatoms. The Balaban J connectivity index is 0. The maximum Gasteiger partial charge on any atom is 1.00 e. The summed E-state index contributed by atoms with van der Waals surface area (Å²) in [6.07, 6.45) is -2.39. The average molecular weight is 235 g/mol. The van der Waals surface area contributed by atoms with Gasteiger partial charge in [-0.3, -0.25) is 0 Å². The van der Waals surface area contributed by atoms with Crippen LogP contribution in [0.15, 0.2) is 0 Å². The van der Waals surface area contributed by atoms with E-state index in [1.807, 2.05) is 0 Å². The summed E-state index contributed by atoms with van der Waals surface area (Å²) < 4.78 is 31.7. The van der Waals surface area contributed by atoms with Crippen molar-refractivity contribution in [1.29, 1.82) is 0 Å². The minimum atomic E-state index is -4.54. The molecule has 0 aliphatic heterocycles. The Morgan fingerprint density at radius 1 is 1.14 bits per heavy atom. The van der Waals surface area contributed by atoms with Crippen molar-refractivity contribution in [2.24, 2.45) is 0 Å². The molecule has 0 radical (unpaired) electrons. The summed E-state index contributed by atoms with van der Waals surface area (Å²) in [4.78, 5) is 0.794. The Morgan fingerprint density at radius 3 is 1.50 bits per heavy atom. The average Bonchev–Trinajstić information content (AvgIpc) is 1.82. The largest absolute Gasteiger partial charge is 1.00 e. The first-order valence-electron chi connectivity index (χ1n) is 3.76. The second-order valence-electron chi connectivity index (χ2n) is 2.80. The molecule has 0 saturated heterocycles. The zero-order valence-electron chi connectivity index (χ0n) is 8.71. The van der Waals surface area contributed by atoms with Crippen LogP contribution in [-0.4, -0.2) is 45.9 Å². The van der Waals surface area contributed by atoms with Crippen molar-refractivity contribution >= 4 is 10.1 Å². The van der Waals surface area contributed by atoms with Crippen LogP contribution < -0.4 is 29.6 Å². The van der Waals surface area contributed by atoms with E-state index in [1.165, 1.54) is 13.8 Å². The molecule has 0 amide bonds. The Labute approximate surface area is 106 Å². The van der Waals surface area contributed by atoms with Gasteiger partial charge >= 0.3 is 29.6 Å². The van der Waals surface area contributed by atoms with Gasteiger partial charge in [0, 0.05) is 0 Å². The maximum atomic E-state index is 10.6. The van der Waals surface area contributed by atoms with Gasteiger partial charge in [-0.2, -0.15) is 0 Å². The minimum Gasteiger partial charge on any atom is -0.747 e. The molecule has 0 aliphatic rings. The molecule has 14 heavy (non-hydrogen) atoms. The van der Waals surface area contributed by atoms with Gasteiger partial charge in [-0.05, 0) is 20.8 Å². The summed E-state index contributed by atoms with van der Waals surface area (Å²) in [5.41, 5.74) is 0. The first kappa shape index (κ1) is 17.2. The molecular weight excluding hydrogens is 221 g/mol. The summed E-state index contributed by atoms with van der Waals surface area (Å²) in [6, 6.07) is 0. The first-order valence-corrected chi connectivity index (χ1v) is 5.23. The van der Waals surface area contributed by atoms with E-state index in [1.54, 1.807) is 0 Å². The molecule has 3 atom stereocenters. The van der Waals surface area contributed by atoms with Crippen LogP contribution in [-0.2, 0) is 10.1 Å². The fraction of sp³-hybridized carbons (Fsp3) is 1.00. The van der Waals surface area contributed by atoms with Crippen LogP contribution in [0.2, 0.25) is 0 Å². The SMILES string of the molecule is CC(O)N(C(C)O)C(C)S(=O)(=O)[O-].[Na+]. The molecule has 0 saturated carbocycles. The van der Waals surface area contributed by atoms with E-state index in [4.69, 9.17) is 10.2 Å². The molecule has 3 unspecified atom stereocenters. The van der Waals surface area contributed by atoms with Gasteiger partial charge in [0.2, 0.25) is 0 Å². The van der Waals surface area contributed by atoms with Crippen molar-refractivity contribution in [2.75, 3.05) is 0 Å². The van der Waals surface area contributed by atoms with Gasteiger partial charge in [0.1, 0.15) is 27.9 Å². The van der Waals surface area contributed by atoms with Crippen molar-refractivity contribution in [3.63, 3.8) is 0 Å². The summed E-state index contributed by atoms with van der Waals surface area (Å²) in [7, 11) is -4.54. The molecule has 0 heterocycles. The van der Waals surface area contributed by atoms with Crippen LogP contribution in [0.25, 0.3) is 0 Å². The van der Waals surface area contributed by atoms with Gasteiger partial charge in [-0.1, -0.05) is 0 Å². The number of nitrogens with zero attached hydrogens (tertiary/aromatic N) is 1. The van der Waals surface area contributed by atoms with E-state index < -0.39 is 27.9 Å². The molecule has 0 aromatic heterocycles. The summed E-state index contributed by atoms with van der Waals surface area (Å²) in [5.74, 6) is 0. The van der Waals surface area contributed by atoms with Gasteiger partial charge < -0.3 is 14.8 Å². The van der Waals surface area contributed by atoms with Gasteiger partial charge in [-0.15, -0.1) is 0 Å². The van der Waals surface area contributed by atoms with Crippen LogP contribution in [0.5, 0.6) is 0 Å². The van der Waals surface area contributed by atoms with Gasteiger partial charge in [0.25, 0.3) is 0 Å². The smallest absolute Gasteiger partial charge is 0.747 e. The number of aliphatic hydroxyl groups is 2. The quantitative estimate of drug-likeness (QED) is 0.291. The molecule has 80 valence electrons. The van der Waals surface area contributed by atoms with Crippen LogP contribution in [0.3, 0.4) is 0 Å². The van der Waals surface area contributed by atoms with Crippen LogP contribution >= 0.6 is 0 Å². The monoisotopic (exact) mass is 235 g/mol. The molecule has 0 bridgehead atoms. The number of hydrogen-bond donors (Lipinski definition) is 2. The van der Waals surface area contributed by atoms with E-state index in [2.05, 4.69) is 0 Å². The molecule has 0 aromatic carbocycles. The Morgan fingerprint density at radius 2 is 1.43 bits per heavy atom. The predicted octanol–water partition coefficient (Wildman–Crippen LogP) is -4.14. The third kappa shape index (κ3) is 5.04. The summed E-state index contributed by atoms with van der Waals surface area (Å²) in [6.45, 7) is 3.66. The molecular formula is C6H14NNaO5S. The minimum absolute atomic E-state index is 0. The first-order chi connectivity index (χ1) is 5.68. The summed E-state index contributed by atoms with van der Waals surface area (Å²) in [5, 5.41) is 16.7. The van der Waals surface area contributed by atoms with Crippen molar-refractivity contribution in [3.05, 3.63) is 0 Å². The maximum absolute atomic E-state index is 10.6. The molecule has 0 aliphatic carbocycles. The molecule has 6 nitrogen and oxygen atoms in total. The Kier molecular flexibility index (Phi) is 7.85. The van der Waals surface area contributed by atoms with Gasteiger partial charge in [-0.25, -0.2) is 13.3 Å². The Bertz CT molecular complexity index is 245. The van der Waals surface area contributed by atoms with E-state index in [-0.39, 0.29) is 29.6 Å². The zero-order chi connectivity index (χ0) is 10.8. The van der Waals surface area contributed by atoms with E-state index in [9.17, 15) is 13.0 Å². The third-order valence-corrected chi connectivity index (χ3v) is 2.78. The van der Waals surface area contributed by atoms with Crippen molar-refractivity contribution in [1.82, 2.24) is 4.90 Å². The predicted molar refractivity (Wildman–Crippen MR) is 44.4 cm³/mol.